The standard InChI is InChI=1S/C32H43F2N3O5/c1-21(2)36(32(39)23-6-9-29(41-4)30(15-23)42-11-5-10-40-3)19-24-17-35-18-25(24)20-37(28-7-8-28)31(38)14-22-12-26(33)16-27(34)13-22/h6,9,12-13,15-16,21,24-25,28,35H,5,7-8,10-11,14,17-20H2,1-4H3/t24-,25+/m0/s1. The van der Waals surface area contributed by atoms with Crippen LogP contribution in [0.1, 0.15) is 49.0 Å². The summed E-state index contributed by atoms with van der Waals surface area (Å²) in [7, 11) is 3.21. The van der Waals surface area contributed by atoms with Crippen LogP contribution >= 0.6 is 0 Å². The second-order valence-electron chi connectivity index (χ2n) is 11.5. The Labute approximate surface area is 247 Å². The maximum Gasteiger partial charge on any atom is 0.254 e. The molecular weight excluding hydrogens is 544 g/mol. The summed E-state index contributed by atoms with van der Waals surface area (Å²) in [6.45, 7) is 7.56. The number of methoxy groups -OCH3 is 2. The fourth-order valence-electron chi connectivity index (χ4n) is 5.55. The monoisotopic (exact) mass is 587 g/mol. The second kappa shape index (κ2) is 14.8. The minimum Gasteiger partial charge on any atom is -0.493 e. The number of halogens is 2. The first-order valence-corrected chi connectivity index (χ1v) is 14.8. The van der Waals surface area contributed by atoms with Gasteiger partial charge in [0.1, 0.15) is 11.6 Å². The van der Waals surface area contributed by atoms with Crippen LogP contribution in [0.4, 0.5) is 8.78 Å². The molecule has 2 aliphatic rings. The Morgan fingerprint density at radius 2 is 1.64 bits per heavy atom. The maximum atomic E-state index is 13.8. The van der Waals surface area contributed by atoms with Gasteiger partial charge in [-0.05, 0) is 74.4 Å². The molecule has 10 heteroatoms. The van der Waals surface area contributed by atoms with Crippen molar-refractivity contribution in [2.24, 2.45) is 11.8 Å². The van der Waals surface area contributed by atoms with Crippen molar-refractivity contribution < 1.29 is 32.6 Å². The summed E-state index contributed by atoms with van der Waals surface area (Å²) < 4.78 is 43.9. The van der Waals surface area contributed by atoms with Gasteiger partial charge in [-0.15, -0.1) is 0 Å². The van der Waals surface area contributed by atoms with Crippen LogP contribution in [0.5, 0.6) is 11.5 Å². The zero-order valence-corrected chi connectivity index (χ0v) is 25.0. The molecule has 4 rings (SSSR count). The van der Waals surface area contributed by atoms with E-state index >= 15 is 0 Å². The highest BCUT2D eigenvalue weighted by molar-refractivity contribution is 5.95. The SMILES string of the molecule is COCCCOc1cc(C(=O)N(C[C@@H]2CNC[C@@H]2CN(C(=O)Cc2cc(F)cc(F)c2)C2CC2)C(C)C)ccc1OC. The average Bonchev–Trinajstić information content (AvgIpc) is 3.69. The number of benzene rings is 2. The first kappa shape index (κ1) is 31.7. The van der Waals surface area contributed by atoms with Crippen LogP contribution in [0.3, 0.4) is 0 Å². The molecule has 2 fully saturated rings. The topological polar surface area (TPSA) is 80.3 Å². The summed E-state index contributed by atoms with van der Waals surface area (Å²) in [5, 5.41) is 3.45. The summed E-state index contributed by atoms with van der Waals surface area (Å²) in [4.78, 5) is 30.8. The van der Waals surface area contributed by atoms with Gasteiger partial charge in [-0.2, -0.15) is 0 Å². The summed E-state index contributed by atoms with van der Waals surface area (Å²) in [6.07, 6.45) is 2.53. The number of amides is 2. The molecule has 2 aromatic rings. The van der Waals surface area contributed by atoms with Gasteiger partial charge in [0.15, 0.2) is 11.5 Å². The van der Waals surface area contributed by atoms with Crippen molar-refractivity contribution in [3.05, 3.63) is 59.2 Å². The zero-order valence-electron chi connectivity index (χ0n) is 25.0. The Morgan fingerprint density at radius 1 is 0.952 bits per heavy atom. The number of rotatable bonds is 15. The van der Waals surface area contributed by atoms with E-state index in [9.17, 15) is 18.4 Å². The third kappa shape index (κ3) is 8.41. The van der Waals surface area contributed by atoms with Gasteiger partial charge in [0.05, 0.1) is 20.1 Å². The van der Waals surface area contributed by atoms with Crippen molar-refractivity contribution in [2.45, 2.75) is 51.6 Å². The lowest BCUT2D eigenvalue weighted by Crippen LogP contribution is -2.45. The third-order valence-electron chi connectivity index (χ3n) is 7.97. The Bertz CT molecular complexity index is 1200. The molecular formula is C32H43F2N3O5. The molecule has 0 unspecified atom stereocenters. The van der Waals surface area contributed by atoms with Crippen LogP contribution in [-0.4, -0.2) is 87.3 Å². The summed E-state index contributed by atoms with van der Waals surface area (Å²) in [5.74, 6) is -0.231. The fourth-order valence-corrected chi connectivity index (χ4v) is 5.55. The van der Waals surface area contributed by atoms with E-state index in [2.05, 4.69) is 5.32 Å². The number of nitrogens with one attached hydrogen (secondary N) is 1. The van der Waals surface area contributed by atoms with E-state index in [0.717, 1.165) is 32.0 Å². The van der Waals surface area contributed by atoms with E-state index in [-0.39, 0.29) is 42.2 Å². The van der Waals surface area contributed by atoms with Gasteiger partial charge in [0.2, 0.25) is 5.91 Å². The van der Waals surface area contributed by atoms with E-state index in [0.29, 0.717) is 55.4 Å². The minimum absolute atomic E-state index is 0.0417. The predicted molar refractivity (Wildman–Crippen MR) is 156 cm³/mol. The first-order chi connectivity index (χ1) is 20.2. The Kier molecular flexibility index (Phi) is 11.2. The van der Waals surface area contributed by atoms with Crippen molar-refractivity contribution >= 4 is 11.8 Å². The van der Waals surface area contributed by atoms with E-state index in [1.54, 1.807) is 32.4 Å². The molecule has 1 N–H and O–H groups in total. The molecule has 2 atom stereocenters. The molecule has 0 radical (unpaired) electrons. The molecule has 0 spiro atoms. The molecule has 1 saturated carbocycles. The molecule has 230 valence electrons. The maximum absolute atomic E-state index is 13.8. The van der Waals surface area contributed by atoms with Crippen LogP contribution in [0.15, 0.2) is 36.4 Å². The van der Waals surface area contributed by atoms with Gasteiger partial charge in [-0.3, -0.25) is 9.59 Å². The number of hydrogen-bond donors (Lipinski definition) is 1. The predicted octanol–water partition coefficient (Wildman–Crippen LogP) is 4.31. The van der Waals surface area contributed by atoms with Gasteiger partial charge >= 0.3 is 0 Å². The number of carbonyl (C=O) groups is 2. The van der Waals surface area contributed by atoms with E-state index in [1.165, 1.54) is 12.1 Å². The van der Waals surface area contributed by atoms with Gasteiger partial charge in [-0.25, -0.2) is 8.78 Å². The largest absolute Gasteiger partial charge is 0.493 e. The number of carbonyl (C=O) groups excluding carboxylic acids is 2. The molecule has 0 bridgehead atoms. The summed E-state index contributed by atoms with van der Waals surface area (Å²) >= 11 is 0. The van der Waals surface area contributed by atoms with E-state index in [1.807, 2.05) is 23.6 Å². The molecule has 1 heterocycles. The van der Waals surface area contributed by atoms with Crippen molar-refractivity contribution in [3.63, 3.8) is 0 Å². The molecule has 2 aromatic carbocycles. The fraction of sp³-hybridized carbons (Fsp3) is 0.562. The van der Waals surface area contributed by atoms with E-state index < -0.39 is 11.6 Å². The number of nitrogens with zero attached hydrogens (tertiary/aromatic N) is 2. The highest BCUT2D eigenvalue weighted by atomic mass is 19.1. The lowest BCUT2D eigenvalue weighted by Gasteiger charge is -2.34. The second-order valence-corrected chi connectivity index (χ2v) is 11.5. The van der Waals surface area contributed by atoms with Crippen molar-refractivity contribution in [3.8, 4) is 11.5 Å². The Hall–Kier alpha value is -3.24. The van der Waals surface area contributed by atoms with Crippen LogP contribution in [0.25, 0.3) is 0 Å². The lowest BCUT2D eigenvalue weighted by molar-refractivity contribution is -0.131. The van der Waals surface area contributed by atoms with E-state index in [4.69, 9.17) is 14.2 Å². The number of hydrogen-bond acceptors (Lipinski definition) is 6. The van der Waals surface area contributed by atoms with Crippen LogP contribution in [0.2, 0.25) is 0 Å². The van der Waals surface area contributed by atoms with Crippen LogP contribution < -0.4 is 14.8 Å². The minimum atomic E-state index is -0.684. The smallest absolute Gasteiger partial charge is 0.254 e. The van der Waals surface area contributed by atoms with Crippen molar-refractivity contribution in [2.75, 3.05) is 53.6 Å². The Balaban J connectivity index is 1.44. The van der Waals surface area contributed by atoms with Crippen LogP contribution in [0, 0.1) is 23.5 Å². The zero-order chi connectivity index (χ0) is 30.2. The van der Waals surface area contributed by atoms with Gasteiger partial charge in [-0.1, -0.05) is 0 Å². The van der Waals surface area contributed by atoms with Gasteiger partial charge in [0.25, 0.3) is 5.91 Å². The molecule has 2 amide bonds. The normalized spacial score (nSPS) is 18.3. The van der Waals surface area contributed by atoms with Gasteiger partial charge < -0.3 is 29.3 Å². The average molecular weight is 588 g/mol. The third-order valence-corrected chi connectivity index (χ3v) is 7.97. The molecule has 1 aliphatic heterocycles. The van der Waals surface area contributed by atoms with Gasteiger partial charge in [0, 0.05) is 70.0 Å². The van der Waals surface area contributed by atoms with Crippen molar-refractivity contribution in [1.82, 2.24) is 15.1 Å². The van der Waals surface area contributed by atoms with Crippen LogP contribution in [-0.2, 0) is 16.0 Å². The quantitative estimate of drug-likeness (QED) is 0.313. The molecule has 1 aliphatic carbocycles. The molecule has 1 saturated heterocycles. The number of ether oxygens (including phenoxy) is 3. The highest BCUT2D eigenvalue weighted by Gasteiger charge is 2.38. The highest BCUT2D eigenvalue weighted by Crippen LogP contribution is 2.32. The van der Waals surface area contributed by atoms with Crippen molar-refractivity contribution in [1.29, 1.82) is 0 Å². The lowest BCUT2D eigenvalue weighted by atomic mass is 9.93. The summed E-state index contributed by atoms with van der Waals surface area (Å²) in [5.41, 5.74) is 0.855. The molecule has 0 aromatic heterocycles. The molecule has 42 heavy (non-hydrogen) atoms. The summed E-state index contributed by atoms with van der Waals surface area (Å²) in [6, 6.07) is 8.59. The molecule has 8 nitrogen and oxygen atoms in total. The first-order valence-electron chi connectivity index (χ1n) is 14.8. The Morgan fingerprint density at radius 3 is 2.26 bits per heavy atom.